The number of aliphatic hydroxyl groups is 1. The van der Waals surface area contributed by atoms with Crippen LogP contribution in [0.5, 0.6) is 0 Å². The molecule has 0 bridgehead atoms. The third kappa shape index (κ3) is 3.74. The Morgan fingerprint density at radius 3 is 2.92 bits per heavy atom. The molecular formula is C18H21N5O3. The lowest BCUT2D eigenvalue weighted by atomic mass is 10.1. The number of hydrogen-bond acceptors (Lipinski definition) is 7. The van der Waals surface area contributed by atoms with Crippen LogP contribution in [0.1, 0.15) is 34.6 Å². The summed E-state index contributed by atoms with van der Waals surface area (Å²) in [7, 11) is 0. The summed E-state index contributed by atoms with van der Waals surface area (Å²) in [4.78, 5) is 16.4. The molecule has 1 fully saturated rings. The van der Waals surface area contributed by atoms with Gasteiger partial charge in [0.15, 0.2) is 0 Å². The lowest BCUT2D eigenvalue weighted by Gasteiger charge is -2.27. The Morgan fingerprint density at radius 2 is 2.27 bits per heavy atom. The maximum Gasteiger partial charge on any atom is 0.254 e. The van der Waals surface area contributed by atoms with Crippen LogP contribution in [-0.4, -0.2) is 62.8 Å². The van der Waals surface area contributed by atoms with E-state index in [1.54, 1.807) is 36.1 Å². The van der Waals surface area contributed by atoms with Crippen LogP contribution in [0.3, 0.4) is 0 Å². The van der Waals surface area contributed by atoms with E-state index in [0.29, 0.717) is 42.5 Å². The minimum absolute atomic E-state index is 0.187. The van der Waals surface area contributed by atoms with Crippen molar-refractivity contribution in [3.05, 3.63) is 47.2 Å². The zero-order valence-electron chi connectivity index (χ0n) is 14.8. The molecule has 1 amide bonds. The second kappa shape index (κ2) is 7.64. The number of rotatable bonds is 5. The summed E-state index contributed by atoms with van der Waals surface area (Å²) in [5.74, 6) is 0.800. The van der Waals surface area contributed by atoms with Gasteiger partial charge in [0, 0.05) is 25.6 Å². The fourth-order valence-electron chi connectivity index (χ4n) is 3.24. The smallest absolute Gasteiger partial charge is 0.254 e. The molecule has 1 aliphatic rings. The van der Waals surface area contributed by atoms with Gasteiger partial charge in [-0.1, -0.05) is 13.0 Å². The molecule has 1 saturated heterocycles. The molecule has 0 radical (unpaired) electrons. The first-order chi connectivity index (χ1) is 12.5. The Labute approximate surface area is 151 Å². The summed E-state index contributed by atoms with van der Waals surface area (Å²) in [6.45, 7) is 5.46. The predicted molar refractivity (Wildman–Crippen MR) is 92.0 cm³/mol. The van der Waals surface area contributed by atoms with Gasteiger partial charge in [0.05, 0.1) is 30.3 Å². The van der Waals surface area contributed by atoms with Crippen LogP contribution >= 0.6 is 0 Å². The molecule has 2 atom stereocenters. The van der Waals surface area contributed by atoms with E-state index in [9.17, 15) is 9.90 Å². The van der Waals surface area contributed by atoms with Gasteiger partial charge in [-0.3, -0.25) is 9.69 Å². The number of aliphatic hydroxyl groups excluding tert-OH is 1. The Morgan fingerprint density at radius 1 is 1.46 bits per heavy atom. The zero-order chi connectivity index (χ0) is 18.7. The van der Waals surface area contributed by atoms with Crippen LogP contribution in [0.4, 0.5) is 0 Å². The molecule has 1 N–H and O–H groups in total. The Balaban J connectivity index is 1.71. The highest BCUT2D eigenvalue weighted by atomic mass is 16.4. The number of likely N-dealkylation sites (tertiary alicyclic amines) is 1. The van der Waals surface area contributed by atoms with Crippen LogP contribution in [0.25, 0.3) is 0 Å². The molecule has 136 valence electrons. The average molecular weight is 355 g/mol. The molecule has 1 aromatic carbocycles. The number of nitrogens with zero attached hydrogens (tertiary/aromatic N) is 5. The van der Waals surface area contributed by atoms with E-state index < -0.39 is 6.10 Å². The normalized spacial score (nSPS) is 19.7. The van der Waals surface area contributed by atoms with Crippen molar-refractivity contribution in [2.75, 3.05) is 19.6 Å². The number of amides is 1. The number of carbonyl (C=O) groups is 1. The number of likely N-dealkylation sites (N-methyl/N-ethyl adjacent to an activating group) is 1. The van der Waals surface area contributed by atoms with E-state index in [-0.39, 0.29) is 18.5 Å². The van der Waals surface area contributed by atoms with Gasteiger partial charge < -0.3 is 14.4 Å². The molecule has 2 aromatic rings. The van der Waals surface area contributed by atoms with Crippen molar-refractivity contribution in [3.63, 3.8) is 0 Å². The largest absolute Gasteiger partial charge is 0.424 e. The summed E-state index contributed by atoms with van der Waals surface area (Å²) in [6.07, 6.45) is -0.665. The fourth-order valence-corrected chi connectivity index (χ4v) is 3.24. The molecule has 3 rings (SSSR count). The Bertz CT molecular complexity index is 828. The minimum Gasteiger partial charge on any atom is -0.424 e. The van der Waals surface area contributed by atoms with Gasteiger partial charge in [-0.2, -0.15) is 5.26 Å². The summed E-state index contributed by atoms with van der Waals surface area (Å²) in [5.41, 5.74) is 0.890. The molecule has 2 heterocycles. The molecule has 0 saturated carbocycles. The number of aryl methyl sites for hydroxylation is 1. The number of hydrogen-bond donors (Lipinski definition) is 1. The van der Waals surface area contributed by atoms with Crippen molar-refractivity contribution >= 4 is 5.91 Å². The molecular weight excluding hydrogens is 334 g/mol. The quantitative estimate of drug-likeness (QED) is 0.851. The Hall–Kier alpha value is -2.76. The van der Waals surface area contributed by atoms with Gasteiger partial charge in [0.2, 0.25) is 11.8 Å². The van der Waals surface area contributed by atoms with Gasteiger partial charge in [-0.15, -0.1) is 10.2 Å². The standard InChI is InChI=1S/C18H21N5O3/c1-3-22(11-17-21-20-12(2)26-17)15-9-23(10-16(15)24)18(25)14-6-4-5-13(7-14)8-19/h4-7,15-16,24H,3,9-11H2,1-2H3/t15?,16-/m1/s1. The topological polar surface area (TPSA) is 106 Å². The minimum atomic E-state index is -0.665. The van der Waals surface area contributed by atoms with Crippen molar-refractivity contribution in [3.8, 4) is 6.07 Å². The highest BCUT2D eigenvalue weighted by molar-refractivity contribution is 5.94. The third-order valence-corrected chi connectivity index (χ3v) is 4.57. The summed E-state index contributed by atoms with van der Waals surface area (Å²) in [6, 6.07) is 8.42. The van der Waals surface area contributed by atoms with Gasteiger partial charge in [0.25, 0.3) is 5.91 Å². The number of carbonyl (C=O) groups excluding carboxylic acids is 1. The van der Waals surface area contributed by atoms with Gasteiger partial charge in [-0.05, 0) is 24.7 Å². The SMILES string of the molecule is CCN(Cc1nnc(C)o1)C1CN(C(=O)c2cccc(C#N)c2)C[C@H]1O. The van der Waals surface area contributed by atoms with Crippen LogP contribution in [0.2, 0.25) is 0 Å². The molecule has 8 nitrogen and oxygen atoms in total. The first-order valence-corrected chi connectivity index (χ1v) is 8.52. The molecule has 8 heteroatoms. The van der Waals surface area contributed by atoms with Crippen LogP contribution < -0.4 is 0 Å². The maximum absolute atomic E-state index is 12.7. The number of benzene rings is 1. The van der Waals surface area contributed by atoms with Crippen molar-refractivity contribution < 1.29 is 14.3 Å². The van der Waals surface area contributed by atoms with E-state index in [4.69, 9.17) is 9.68 Å². The Kier molecular flexibility index (Phi) is 5.30. The van der Waals surface area contributed by atoms with Gasteiger partial charge in [-0.25, -0.2) is 0 Å². The first kappa shape index (κ1) is 18.0. The van der Waals surface area contributed by atoms with E-state index >= 15 is 0 Å². The summed E-state index contributed by atoms with van der Waals surface area (Å²) in [5, 5.41) is 27.3. The lowest BCUT2D eigenvalue weighted by molar-refractivity contribution is 0.0743. The second-order valence-corrected chi connectivity index (χ2v) is 6.32. The average Bonchev–Trinajstić information content (AvgIpc) is 3.24. The third-order valence-electron chi connectivity index (χ3n) is 4.57. The highest BCUT2D eigenvalue weighted by Crippen LogP contribution is 2.21. The fraction of sp³-hybridized carbons (Fsp3) is 0.444. The van der Waals surface area contributed by atoms with Crippen LogP contribution in [0, 0.1) is 18.3 Å². The molecule has 26 heavy (non-hydrogen) atoms. The molecule has 0 aliphatic carbocycles. The van der Waals surface area contributed by atoms with Crippen molar-refractivity contribution in [1.29, 1.82) is 5.26 Å². The molecule has 1 unspecified atom stereocenters. The van der Waals surface area contributed by atoms with Crippen LogP contribution in [-0.2, 0) is 6.54 Å². The van der Waals surface area contributed by atoms with E-state index in [1.807, 2.05) is 17.9 Å². The lowest BCUT2D eigenvalue weighted by Crippen LogP contribution is -2.43. The summed E-state index contributed by atoms with van der Waals surface area (Å²) < 4.78 is 5.42. The number of aromatic nitrogens is 2. The zero-order valence-corrected chi connectivity index (χ0v) is 14.8. The maximum atomic E-state index is 12.7. The first-order valence-electron chi connectivity index (χ1n) is 8.52. The molecule has 0 spiro atoms. The highest BCUT2D eigenvalue weighted by Gasteiger charge is 2.38. The predicted octanol–water partition coefficient (Wildman–Crippen LogP) is 0.957. The molecule has 1 aromatic heterocycles. The van der Waals surface area contributed by atoms with Gasteiger partial charge >= 0.3 is 0 Å². The monoisotopic (exact) mass is 355 g/mol. The van der Waals surface area contributed by atoms with Crippen molar-refractivity contribution in [2.24, 2.45) is 0 Å². The van der Waals surface area contributed by atoms with Crippen LogP contribution in [0.15, 0.2) is 28.7 Å². The number of β-amino-alcohol motifs (C(OH)–C–C–N with tert-alkyl or cyclic N) is 1. The van der Waals surface area contributed by atoms with Crippen molar-refractivity contribution in [2.45, 2.75) is 32.5 Å². The van der Waals surface area contributed by atoms with E-state index in [2.05, 4.69) is 10.2 Å². The molecule has 1 aliphatic heterocycles. The van der Waals surface area contributed by atoms with E-state index in [0.717, 1.165) is 0 Å². The summed E-state index contributed by atoms with van der Waals surface area (Å²) >= 11 is 0. The van der Waals surface area contributed by atoms with Crippen molar-refractivity contribution in [1.82, 2.24) is 20.0 Å². The van der Waals surface area contributed by atoms with E-state index in [1.165, 1.54) is 0 Å². The van der Waals surface area contributed by atoms with Gasteiger partial charge in [0.1, 0.15) is 0 Å². The second-order valence-electron chi connectivity index (χ2n) is 6.32. The number of nitriles is 1.